The third-order valence-corrected chi connectivity index (χ3v) is 1.48. The van der Waals surface area contributed by atoms with E-state index in [0.29, 0.717) is 0 Å². The number of allylic oxidation sites excluding steroid dienone is 2. The molecule has 0 atom stereocenters. The Morgan fingerprint density at radius 2 is 1.17 bits per heavy atom. The fourth-order valence-electron chi connectivity index (χ4n) is 0.608. The molecule has 11 heteroatoms. The molecule has 0 aromatic heterocycles. The van der Waals surface area contributed by atoms with Crippen molar-refractivity contribution >= 4 is 5.78 Å². The molecule has 0 unspecified atom stereocenters. The van der Waals surface area contributed by atoms with Crippen molar-refractivity contribution < 1.29 is 48.7 Å². The molecule has 0 aliphatic carbocycles. The van der Waals surface area contributed by atoms with Crippen LogP contribution in [0.3, 0.4) is 0 Å². The monoisotopic (exact) mass is 292 g/mol. The summed E-state index contributed by atoms with van der Waals surface area (Å²) in [7, 11) is 0. The summed E-state index contributed by atoms with van der Waals surface area (Å²) in [6.07, 6.45) is -14.3. The maximum atomic E-state index is 12.4. The van der Waals surface area contributed by atoms with Crippen LogP contribution >= 0.6 is 0 Å². The van der Waals surface area contributed by atoms with Crippen LogP contribution < -0.4 is 0 Å². The molecular weight excluding hydrogens is 290 g/mol. The van der Waals surface area contributed by atoms with Crippen molar-refractivity contribution in [3.8, 4) is 0 Å². The normalized spacial score (nSPS) is 15.2. The lowest BCUT2D eigenvalue weighted by Crippen LogP contribution is -2.55. The predicted molar refractivity (Wildman–Crippen MR) is 36.2 cm³/mol. The van der Waals surface area contributed by atoms with E-state index in [1.807, 2.05) is 0 Å². The maximum absolute atomic E-state index is 12.4. The molecule has 0 heterocycles. The average Bonchev–Trinajstić information content (AvgIpc) is 2.10. The van der Waals surface area contributed by atoms with E-state index in [1.54, 1.807) is 0 Å². The van der Waals surface area contributed by atoms with Crippen molar-refractivity contribution in [2.24, 2.45) is 0 Å². The smallest absolute Gasteiger partial charge is 0.288 e. The molecule has 0 saturated carbocycles. The zero-order chi connectivity index (χ0) is 15.0. The second-order valence-corrected chi connectivity index (χ2v) is 2.89. The van der Waals surface area contributed by atoms with E-state index < -0.39 is 42.1 Å². The average molecular weight is 292 g/mol. The van der Waals surface area contributed by atoms with Gasteiger partial charge in [-0.3, -0.25) is 4.79 Å². The van der Waals surface area contributed by atoms with E-state index >= 15 is 0 Å². The van der Waals surface area contributed by atoms with Crippen LogP contribution in [0.4, 0.5) is 43.9 Å². The molecule has 0 aliphatic heterocycles. The van der Waals surface area contributed by atoms with Gasteiger partial charge in [-0.15, -0.1) is 0 Å². The maximum Gasteiger partial charge on any atom is 0.460 e. The molecule has 0 radical (unpaired) electrons. The van der Waals surface area contributed by atoms with Crippen molar-refractivity contribution in [3.63, 3.8) is 0 Å². The molecule has 0 N–H and O–H groups in total. The number of carbonyl (C=O) groups is 1. The van der Waals surface area contributed by atoms with Gasteiger partial charge in [0.05, 0.1) is 0 Å². The largest absolute Gasteiger partial charge is 0.460 e. The molecule has 0 aromatic rings. The fraction of sp³-hybridized carbons (Fsp3) is 0.571. The summed E-state index contributed by atoms with van der Waals surface area (Å²) in [5.74, 6) is -16.4. The van der Waals surface area contributed by atoms with Crippen molar-refractivity contribution in [2.45, 2.75) is 24.2 Å². The van der Waals surface area contributed by atoms with Crippen LogP contribution in [0, 0.1) is 0 Å². The van der Waals surface area contributed by atoms with Gasteiger partial charge in [-0.05, 0) is 6.08 Å². The Kier molecular flexibility index (Phi) is 4.11. The number of halogens is 10. The topological polar surface area (TPSA) is 17.1 Å². The summed E-state index contributed by atoms with van der Waals surface area (Å²) in [4.78, 5) is 10.3. The number of hydrogen-bond acceptors (Lipinski definition) is 1. The molecule has 0 aromatic carbocycles. The number of ketones is 1. The van der Waals surface area contributed by atoms with Gasteiger partial charge in [-0.25, -0.2) is 0 Å². The molecule has 106 valence electrons. The van der Waals surface area contributed by atoms with E-state index in [0.717, 1.165) is 0 Å². The lowest BCUT2D eigenvalue weighted by molar-refractivity contribution is -0.342. The molecule has 1 nitrogen and oxygen atoms in total. The summed E-state index contributed by atoms with van der Waals surface area (Å²) in [5.41, 5.74) is 0. The standard InChI is InChI=1S/C7H2F10O/c8-4(9,10)2-1-3(18)5(11,12)6(13,14)7(15,16)17/h1-2H/b2-1+. The van der Waals surface area contributed by atoms with Gasteiger partial charge in [-0.1, -0.05) is 0 Å². The van der Waals surface area contributed by atoms with E-state index in [9.17, 15) is 48.7 Å². The molecule has 0 bridgehead atoms. The zero-order valence-corrected chi connectivity index (χ0v) is 7.84. The number of alkyl halides is 10. The molecule has 0 fully saturated rings. The van der Waals surface area contributed by atoms with E-state index in [-0.39, 0.29) is 0 Å². The van der Waals surface area contributed by atoms with Gasteiger partial charge in [0.25, 0.3) is 0 Å². The minimum atomic E-state index is -6.78. The van der Waals surface area contributed by atoms with Crippen LogP contribution in [0.25, 0.3) is 0 Å². The van der Waals surface area contributed by atoms with Gasteiger partial charge in [0.1, 0.15) is 0 Å². The third-order valence-electron chi connectivity index (χ3n) is 1.48. The van der Waals surface area contributed by atoms with Crippen molar-refractivity contribution in [1.29, 1.82) is 0 Å². The Bertz CT molecular complexity index is 346. The van der Waals surface area contributed by atoms with Gasteiger partial charge in [0.15, 0.2) is 0 Å². The zero-order valence-electron chi connectivity index (χ0n) is 7.84. The molecule has 18 heavy (non-hydrogen) atoms. The summed E-state index contributed by atoms with van der Waals surface area (Å²) in [6, 6.07) is 0. The molecule has 0 rings (SSSR count). The van der Waals surface area contributed by atoms with E-state index in [1.165, 1.54) is 0 Å². The summed E-state index contributed by atoms with van der Waals surface area (Å²) >= 11 is 0. The summed E-state index contributed by atoms with van der Waals surface area (Å²) in [6.45, 7) is 0. The van der Waals surface area contributed by atoms with Crippen LogP contribution in [0.2, 0.25) is 0 Å². The SMILES string of the molecule is O=C(/C=C/C(F)(F)F)C(F)(F)C(F)(F)C(F)(F)F. The molecule has 0 amide bonds. The van der Waals surface area contributed by atoms with Gasteiger partial charge in [-0.2, -0.15) is 43.9 Å². The molecule has 0 spiro atoms. The Morgan fingerprint density at radius 3 is 1.44 bits per heavy atom. The Hall–Kier alpha value is -1.29. The first-order valence-electron chi connectivity index (χ1n) is 3.75. The van der Waals surface area contributed by atoms with Crippen molar-refractivity contribution in [1.82, 2.24) is 0 Å². The highest BCUT2D eigenvalue weighted by Gasteiger charge is 2.75. The minimum Gasteiger partial charge on any atom is -0.288 e. The number of rotatable bonds is 3. The highest BCUT2D eigenvalue weighted by molar-refractivity contribution is 5.96. The fourth-order valence-corrected chi connectivity index (χ4v) is 0.608. The second kappa shape index (κ2) is 4.43. The lowest BCUT2D eigenvalue weighted by atomic mass is 10.1. The molecule has 0 saturated heterocycles. The van der Waals surface area contributed by atoms with Gasteiger partial charge in [0.2, 0.25) is 5.78 Å². The highest BCUT2D eigenvalue weighted by Crippen LogP contribution is 2.47. The van der Waals surface area contributed by atoms with E-state index in [2.05, 4.69) is 0 Å². The summed E-state index contributed by atoms with van der Waals surface area (Å²) in [5, 5.41) is 0. The Balaban J connectivity index is 5.29. The second-order valence-electron chi connectivity index (χ2n) is 2.89. The lowest BCUT2D eigenvalue weighted by Gasteiger charge is -2.26. The van der Waals surface area contributed by atoms with Crippen LogP contribution in [-0.2, 0) is 4.79 Å². The molecule has 0 aliphatic rings. The first-order valence-corrected chi connectivity index (χ1v) is 3.75. The molecular formula is C7H2F10O. The van der Waals surface area contributed by atoms with Gasteiger partial charge < -0.3 is 0 Å². The minimum absolute atomic E-state index is 1.08. The quantitative estimate of drug-likeness (QED) is 0.574. The van der Waals surface area contributed by atoms with E-state index in [4.69, 9.17) is 0 Å². The van der Waals surface area contributed by atoms with Crippen LogP contribution in [0.5, 0.6) is 0 Å². The van der Waals surface area contributed by atoms with Gasteiger partial charge >= 0.3 is 24.2 Å². The van der Waals surface area contributed by atoms with Crippen molar-refractivity contribution in [3.05, 3.63) is 12.2 Å². The first kappa shape index (κ1) is 16.7. The van der Waals surface area contributed by atoms with Crippen LogP contribution in [0.1, 0.15) is 0 Å². The third kappa shape index (κ3) is 3.35. The Morgan fingerprint density at radius 1 is 0.778 bits per heavy atom. The van der Waals surface area contributed by atoms with Crippen molar-refractivity contribution in [2.75, 3.05) is 0 Å². The summed E-state index contributed by atoms with van der Waals surface area (Å²) < 4.78 is 118. The number of hydrogen-bond donors (Lipinski definition) is 0. The van der Waals surface area contributed by atoms with Crippen LogP contribution in [-0.4, -0.2) is 30.0 Å². The van der Waals surface area contributed by atoms with Gasteiger partial charge in [0, 0.05) is 6.08 Å². The highest BCUT2D eigenvalue weighted by atomic mass is 19.4. The predicted octanol–water partition coefficient (Wildman–Crippen LogP) is 3.51. The van der Waals surface area contributed by atoms with Crippen LogP contribution in [0.15, 0.2) is 12.2 Å². The Labute approximate surface area is 92.1 Å². The number of carbonyl (C=O) groups excluding carboxylic acids is 1. The first-order chi connectivity index (χ1) is 7.63.